The van der Waals surface area contributed by atoms with Crippen molar-refractivity contribution >= 4 is 11.8 Å². The Morgan fingerprint density at radius 1 is 1.19 bits per heavy atom. The molecular formula is C25H32F2N4O5. The number of halogens is 2. The Morgan fingerprint density at radius 2 is 1.92 bits per heavy atom. The second-order valence-electron chi connectivity index (χ2n) is 8.74. The number of nitrogens with zero attached hydrogens (tertiary/aromatic N) is 3. The van der Waals surface area contributed by atoms with E-state index in [1.54, 1.807) is 5.01 Å². The number of aromatic nitrogens is 1. The number of ether oxygens (including phenoxy) is 1. The summed E-state index contributed by atoms with van der Waals surface area (Å²) in [5, 5.41) is 14.9. The number of fused-ring (bicyclic) bond motifs is 1. The van der Waals surface area contributed by atoms with Crippen molar-refractivity contribution in [2.75, 3.05) is 38.5 Å². The molecule has 2 aromatic rings. The van der Waals surface area contributed by atoms with E-state index in [0.717, 1.165) is 25.3 Å². The Morgan fingerprint density at radius 3 is 2.56 bits per heavy atom. The summed E-state index contributed by atoms with van der Waals surface area (Å²) >= 11 is 0. The van der Waals surface area contributed by atoms with Crippen molar-refractivity contribution < 1.29 is 28.2 Å². The number of hydrogen-bond acceptors (Lipinski definition) is 6. The molecule has 2 amide bonds. The van der Waals surface area contributed by atoms with Gasteiger partial charge in [-0.05, 0) is 18.4 Å². The molecule has 0 radical (unpaired) electrons. The van der Waals surface area contributed by atoms with Gasteiger partial charge in [0.15, 0.2) is 11.4 Å². The van der Waals surface area contributed by atoms with Gasteiger partial charge in [-0.25, -0.2) is 8.78 Å². The minimum atomic E-state index is -1.01. The number of pyridine rings is 1. The predicted molar refractivity (Wildman–Crippen MR) is 129 cm³/mol. The molecule has 2 heterocycles. The maximum atomic E-state index is 13.9. The predicted octanol–water partition coefficient (Wildman–Crippen LogP) is 2.59. The van der Waals surface area contributed by atoms with Crippen molar-refractivity contribution in [1.82, 2.24) is 14.9 Å². The van der Waals surface area contributed by atoms with Crippen LogP contribution in [0.1, 0.15) is 59.5 Å². The number of amides is 2. The first-order valence-electron chi connectivity index (χ1n) is 12.0. The van der Waals surface area contributed by atoms with Gasteiger partial charge in [-0.2, -0.15) is 0 Å². The van der Waals surface area contributed by atoms with Crippen LogP contribution in [0.15, 0.2) is 29.2 Å². The maximum absolute atomic E-state index is 13.9. The number of hydrogen-bond donors (Lipinski definition) is 2. The van der Waals surface area contributed by atoms with Crippen molar-refractivity contribution in [2.45, 2.75) is 39.7 Å². The standard InChI is InChI=1S/C25H32F2N4O5/c1-4-16(5-2)8-9-30-15-29(10-11-36-3)25(35)21-23(33)22(32)19(14-31(21)30)24(34)28-13-17-6-7-18(26)12-20(17)27/h6-7,12,14,16,33H,4-5,8-11,13,15H2,1-3H3,(H,28,34). The van der Waals surface area contributed by atoms with Crippen molar-refractivity contribution in [2.24, 2.45) is 5.92 Å². The van der Waals surface area contributed by atoms with Gasteiger partial charge in [-0.1, -0.05) is 32.8 Å². The average Bonchev–Trinajstić information content (AvgIpc) is 2.86. The smallest absolute Gasteiger partial charge is 0.277 e. The van der Waals surface area contributed by atoms with E-state index in [9.17, 15) is 28.3 Å². The fourth-order valence-corrected chi connectivity index (χ4v) is 4.17. The topological polar surface area (TPSA) is 104 Å². The van der Waals surface area contributed by atoms with Crippen LogP contribution < -0.4 is 15.8 Å². The van der Waals surface area contributed by atoms with Crippen LogP contribution >= 0.6 is 0 Å². The molecule has 11 heteroatoms. The van der Waals surface area contributed by atoms with E-state index in [4.69, 9.17) is 4.74 Å². The molecule has 0 saturated heterocycles. The highest BCUT2D eigenvalue weighted by atomic mass is 19.1. The third-order valence-corrected chi connectivity index (χ3v) is 6.51. The van der Waals surface area contributed by atoms with Crippen LogP contribution in [0.2, 0.25) is 0 Å². The van der Waals surface area contributed by atoms with Crippen LogP contribution in [0.3, 0.4) is 0 Å². The van der Waals surface area contributed by atoms with Crippen molar-refractivity contribution in [1.29, 1.82) is 0 Å². The normalized spacial score (nSPS) is 13.3. The number of rotatable bonds is 11. The minimum Gasteiger partial charge on any atom is -0.502 e. The van der Waals surface area contributed by atoms with Crippen LogP contribution in [0.25, 0.3) is 0 Å². The SMILES string of the molecule is CCC(CC)CCN1CN(CCOC)C(=O)c2c(O)c(=O)c(C(=O)NCc3ccc(F)cc3F)cn21. The molecule has 1 aromatic carbocycles. The molecule has 36 heavy (non-hydrogen) atoms. The number of carbonyl (C=O) groups is 2. The molecule has 3 rings (SSSR count). The second-order valence-corrected chi connectivity index (χ2v) is 8.74. The van der Waals surface area contributed by atoms with E-state index in [1.165, 1.54) is 28.9 Å². The van der Waals surface area contributed by atoms with Gasteiger partial charge in [0.2, 0.25) is 5.43 Å². The zero-order valence-corrected chi connectivity index (χ0v) is 20.7. The Balaban J connectivity index is 1.94. The number of nitrogens with one attached hydrogen (secondary N) is 1. The molecule has 0 unspecified atom stereocenters. The summed E-state index contributed by atoms with van der Waals surface area (Å²) in [7, 11) is 1.51. The number of methoxy groups -OCH3 is 1. The first-order chi connectivity index (χ1) is 17.2. The summed E-state index contributed by atoms with van der Waals surface area (Å²) in [6.45, 7) is 5.13. The molecule has 0 saturated carbocycles. The molecule has 1 aliphatic heterocycles. The zero-order chi connectivity index (χ0) is 26.4. The van der Waals surface area contributed by atoms with E-state index >= 15 is 0 Å². The lowest BCUT2D eigenvalue weighted by Gasteiger charge is -2.40. The molecule has 1 aromatic heterocycles. The number of benzene rings is 1. The lowest BCUT2D eigenvalue weighted by atomic mass is 9.99. The van der Waals surface area contributed by atoms with Crippen LogP contribution in [0.5, 0.6) is 5.75 Å². The minimum absolute atomic E-state index is 0.0304. The summed E-state index contributed by atoms with van der Waals surface area (Å²) in [5.74, 6) is -3.40. The maximum Gasteiger partial charge on any atom is 0.277 e. The second kappa shape index (κ2) is 12.0. The first-order valence-corrected chi connectivity index (χ1v) is 12.0. The van der Waals surface area contributed by atoms with E-state index < -0.39 is 40.2 Å². The molecule has 0 atom stereocenters. The van der Waals surface area contributed by atoms with E-state index in [1.807, 2.05) is 0 Å². The summed E-state index contributed by atoms with van der Waals surface area (Å²) in [6.07, 6.45) is 3.99. The molecule has 2 N–H and O–H groups in total. The highest BCUT2D eigenvalue weighted by Gasteiger charge is 2.34. The molecule has 196 valence electrons. The largest absolute Gasteiger partial charge is 0.502 e. The summed E-state index contributed by atoms with van der Waals surface area (Å²) in [4.78, 5) is 40.3. The lowest BCUT2D eigenvalue weighted by Crippen LogP contribution is -2.55. The summed E-state index contributed by atoms with van der Waals surface area (Å²) in [6, 6.07) is 2.94. The zero-order valence-electron chi connectivity index (χ0n) is 20.7. The van der Waals surface area contributed by atoms with Crippen LogP contribution in [0.4, 0.5) is 8.78 Å². The Labute approximate surface area is 208 Å². The summed E-state index contributed by atoms with van der Waals surface area (Å²) < 4.78 is 33.5. The molecule has 0 aliphatic carbocycles. The van der Waals surface area contributed by atoms with Gasteiger partial charge in [0.25, 0.3) is 11.8 Å². The van der Waals surface area contributed by atoms with Gasteiger partial charge in [0, 0.05) is 44.6 Å². The molecule has 0 fully saturated rings. The van der Waals surface area contributed by atoms with Gasteiger partial charge in [-0.3, -0.25) is 24.1 Å². The molecule has 0 spiro atoms. The lowest BCUT2D eigenvalue weighted by molar-refractivity contribution is 0.0620. The molecular weight excluding hydrogens is 474 g/mol. The Kier molecular flexibility index (Phi) is 9.03. The fraction of sp³-hybridized carbons (Fsp3) is 0.480. The van der Waals surface area contributed by atoms with Crippen LogP contribution in [-0.4, -0.2) is 60.0 Å². The van der Waals surface area contributed by atoms with Gasteiger partial charge in [0.1, 0.15) is 23.9 Å². The molecule has 0 bridgehead atoms. The Bertz CT molecular complexity index is 1170. The van der Waals surface area contributed by atoms with Crippen molar-refractivity contribution in [3.05, 3.63) is 63.1 Å². The van der Waals surface area contributed by atoms with E-state index in [-0.39, 0.29) is 37.6 Å². The van der Waals surface area contributed by atoms with Crippen LogP contribution in [-0.2, 0) is 11.3 Å². The first kappa shape index (κ1) is 27.1. The third kappa shape index (κ3) is 5.84. The van der Waals surface area contributed by atoms with Gasteiger partial charge < -0.3 is 20.1 Å². The monoisotopic (exact) mass is 506 g/mol. The van der Waals surface area contributed by atoms with Gasteiger partial charge >= 0.3 is 0 Å². The highest BCUT2D eigenvalue weighted by Crippen LogP contribution is 2.23. The third-order valence-electron chi connectivity index (χ3n) is 6.51. The van der Waals surface area contributed by atoms with Crippen molar-refractivity contribution in [3.8, 4) is 5.75 Å². The van der Waals surface area contributed by atoms with Gasteiger partial charge in [0.05, 0.1) is 6.61 Å². The summed E-state index contributed by atoms with van der Waals surface area (Å²) in [5.41, 5.74) is -1.61. The molecule has 9 nitrogen and oxygen atoms in total. The van der Waals surface area contributed by atoms with E-state index in [2.05, 4.69) is 19.2 Å². The van der Waals surface area contributed by atoms with Crippen LogP contribution in [0, 0.1) is 17.6 Å². The highest BCUT2D eigenvalue weighted by molar-refractivity contribution is 5.99. The quantitative estimate of drug-likeness (QED) is 0.486. The molecule has 1 aliphatic rings. The Hall–Kier alpha value is -3.47. The number of aromatic hydroxyl groups is 1. The van der Waals surface area contributed by atoms with E-state index in [0.29, 0.717) is 18.5 Å². The fourth-order valence-electron chi connectivity index (χ4n) is 4.17. The number of carbonyl (C=O) groups excluding carboxylic acids is 2. The van der Waals surface area contributed by atoms with Gasteiger partial charge in [-0.15, -0.1) is 0 Å². The van der Waals surface area contributed by atoms with Crippen molar-refractivity contribution in [3.63, 3.8) is 0 Å². The average molecular weight is 507 g/mol.